The summed E-state index contributed by atoms with van der Waals surface area (Å²) < 4.78 is 43.5. The standard InChI is InChI=1S/C18H29NO5S/c1-4-5-12-25(20,21)19-14-18(8-10-24-11-9-18)15-6-7-16(22-2)17(13-15)23-3/h6-7,13,19H,4-5,8-12,14H2,1-3H3. The highest BCUT2D eigenvalue weighted by atomic mass is 32.2. The van der Waals surface area contributed by atoms with Crippen LogP contribution in [-0.2, 0) is 20.2 Å². The molecule has 1 fully saturated rings. The fourth-order valence-electron chi connectivity index (χ4n) is 3.15. The molecule has 7 heteroatoms. The third-order valence-corrected chi connectivity index (χ3v) is 6.25. The highest BCUT2D eigenvalue weighted by molar-refractivity contribution is 7.89. The molecule has 0 aliphatic carbocycles. The van der Waals surface area contributed by atoms with E-state index in [1.165, 1.54) is 0 Å². The molecule has 1 N–H and O–H groups in total. The zero-order valence-corrected chi connectivity index (χ0v) is 16.2. The van der Waals surface area contributed by atoms with E-state index in [2.05, 4.69) is 4.72 Å². The van der Waals surface area contributed by atoms with Gasteiger partial charge in [0.25, 0.3) is 0 Å². The van der Waals surface area contributed by atoms with Crippen molar-refractivity contribution >= 4 is 10.0 Å². The van der Waals surface area contributed by atoms with Crippen molar-refractivity contribution in [2.45, 2.75) is 38.0 Å². The molecule has 142 valence electrons. The molecule has 0 saturated carbocycles. The SMILES string of the molecule is CCCCS(=O)(=O)NCC1(c2ccc(OC)c(OC)c2)CCOCC1. The maximum Gasteiger partial charge on any atom is 0.211 e. The maximum atomic E-state index is 12.2. The Morgan fingerprint density at radius 3 is 2.44 bits per heavy atom. The first kappa shape index (κ1) is 20.0. The van der Waals surface area contributed by atoms with Gasteiger partial charge in [0.15, 0.2) is 11.5 Å². The lowest BCUT2D eigenvalue weighted by molar-refractivity contribution is 0.0516. The van der Waals surface area contributed by atoms with E-state index < -0.39 is 10.0 Å². The number of nitrogens with one attached hydrogen (secondary N) is 1. The zero-order chi connectivity index (χ0) is 18.3. The van der Waals surface area contributed by atoms with Gasteiger partial charge in [-0.15, -0.1) is 0 Å². The van der Waals surface area contributed by atoms with Crippen molar-refractivity contribution in [3.05, 3.63) is 23.8 Å². The molecule has 1 saturated heterocycles. The lowest BCUT2D eigenvalue weighted by atomic mass is 9.74. The van der Waals surface area contributed by atoms with Gasteiger partial charge in [0.1, 0.15) is 0 Å². The third-order valence-electron chi connectivity index (χ3n) is 4.84. The van der Waals surface area contributed by atoms with Gasteiger partial charge in [0.2, 0.25) is 10.0 Å². The van der Waals surface area contributed by atoms with E-state index in [1.54, 1.807) is 14.2 Å². The summed E-state index contributed by atoms with van der Waals surface area (Å²) in [5.41, 5.74) is 0.753. The Balaban J connectivity index is 2.26. The van der Waals surface area contributed by atoms with Crippen LogP contribution in [0.3, 0.4) is 0 Å². The molecule has 0 spiro atoms. The largest absolute Gasteiger partial charge is 0.493 e. The summed E-state index contributed by atoms with van der Waals surface area (Å²) in [6.07, 6.45) is 3.05. The van der Waals surface area contributed by atoms with Crippen molar-refractivity contribution in [3.8, 4) is 11.5 Å². The normalized spacial score (nSPS) is 17.2. The topological polar surface area (TPSA) is 73.9 Å². The Labute approximate surface area is 150 Å². The Bertz CT molecular complexity index is 653. The van der Waals surface area contributed by atoms with Crippen molar-refractivity contribution in [1.82, 2.24) is 4.72 Å². The number of sulfonamides is 1. The van der Waals surface area contributed by atoms with Crippen LogP contribution in [-0.4, -0.2) is 48.1 Å². The molecule has 0 bridgehead atoms. The molecule has 2 rings (SSSR count). The van der Waals surface area contributed by atoms with Gasteiger partial charge < -0.3 is 14.2 Å². The summed E-state index contributed by atoms with van der Waals surface area (Å²) in [5.74, 6) is 1.49. The van der Waals surface area contributed by atoms with Crippen molar-refractivity contribution < 1.29 is 22.6 Å². The second kappa shape index (κ2) is 8.87. The van der Waals surface area contributed by atoms with Crippen LogP contribution in [0.5, 0.6) is 11.5 Å². The van der Waals surface area contributed by atoms with Crippen LogP contribution in [0.25, 0.3) is 0 Å². The lowest BCUT2D eigenvalue weighted by Crippen LogP contribution is -2.45. The van der Waals surface area contributed by atoms with E-state index >= 15 is 0 Å². The monoisotopic (exact) mass is 371 g/mol. The van der Waals surface area contributed by atoms with Crippen LogP contribution >= 0.6 is 0 Å². The minimum atomic E-state index is -3.26. The molecule has 0 amide bonds. The molecule has 1 aliphatic rings. The Kier molecular flexibility index (Phi) is 7.10. The van der Waals surface area contributed by atoms with E-state index in [4.69, 9.17) is 14.2 Å². The molecule has 0 aromatic heterocycles. The summed E-state index contributed by atoms with van der Waals surface area (Å²) >= 11 is 0. The predicted molar refractivity (Wildman–Crippen MR) is 98.0 cm³/mol. The number of hydrogen-bond donors (Lipinski definition) is 1. The molecule has 1 heterocycles. The van der Waals surface area contributed by atoms with E-state index in [0.717, 1.165) is 24.8 Å². The second-order valence-electron chi connectivity index (χ2n) is 6.46. The van der Waals surface area contributed by atoms with Gasteiger partial charge in [-0.25, -0.2) is 13.1 Å². The summed E-state index contributed by atoms with van der Waals surface area (Å²) in [5, 5.41) is 0. The first-order chi connectivity index (χ1) is 12.0. The number of ether oxygens (including phenoxy) is 3. The quantitative estimate of drug-likeness (QED) is 0.722. The first-order valence-electron chi connectivity index (χ1n) is 8.74. The van der Waals surface area contributed by atoms with E-state index in [9.17, 15) is 8.42 Å². The zero-order valence-electron chi connectivity index (χ0n) is 15.3. The average Bonchev–Trinajstić information content (AvgIpc) is 2.65. The summed E-state index contributed by atoms with van der Waals surface area (Å²) in [6.45, 7) is 3.59. The number of rotatable bonds is 9. The van der Waals surface area contributed by atoms with Crippen LogP contribution in [0, 0.1) is 0 Å². The Hall–Kier alpha value is -1.31. The number of methoxy groups -OCH3 is 2. The first-order valence-corrected chi connectivity index (χ1v) is 10.4. The summed E-state index contributed by atoms with van der Waals surface area (Å²) in [4.78, 5) is 0. The van der Waals surface area contributed by atoms with Gasteiger partial charge in [0.05, 0.1) is 20.0 Å². The average molecular weight is 371 g/mol. The minimum Gasteiger partial charge on any atom is -0.493 e. The molecular formula is C18H29NO5S. The molecule has 0 unspecified atom stereocenters. The number of benzene rings is 1. The van der Waals surface area contributed by atoms with E-state index in [-0.39, 0.29) is 11.2 Å². The highest BCUT2D eigenvalue weighted by Gasteiger charge is 2.36. The van der Waals surface area contributed by atoms with Gasteiger partial charge >= 0.3 is 0 Å². The second-order valence-corrected chi connectivity index (χ2v) is 8.38. The summed E-state index contributed by atoms with van der Waals surface area (Å²) in [6, 6.07) is 5.81. The molecule has 1 aromatic carbocycles. The Morgan fingerprint density at radius 1 is 1.16 bits per heavy atom. The van der Waals surface area contributed by atoms with E-state index in [1.807, 2.05) is 25.1 Å². The molecule has 0 radical (unpaired) electrons. The molecular weight excluding hydrogens is 342 g/mol. The molecule has 0 atom stereocenters. The van der Waals surface area contributed by atoms with Gasteiger partial charge in [0, 0.05) is 25.2 Å². The van der Waals surface area contributed by atoms with Crippen molar-refractivity contribution in [2.75, 3.05) is 39.7 Å². The molecule has 6 nitrogen and oxygen atoms in total. The van der Waals surface area contributed by atoms with Crippen LogP contribution in [0.4, 0.5) is 0 Å². The molecule has 25 heavy (non-hydrogen) atoms. The maximum absolute atomic E-state index is 12.2. The number of hydrogen-bond acceptors (Lipinski definition) is 5. The summed E-state index contributed by atoms with van der Waals surface area (Å²) in [7, 11) is -0.0608. The molecule has 1 aromatic rings. The van der Waals surface area contributed by atoms with Crippen molar-refractivity contribution in [2.24, 2.45) is 0 Å². The predicted octanol–water partition coefficient (Wildman–Crippen LogP) is 2.47. The Morgan fingerprint density at radius 2 is 1.84 bits per heavy atom. The fourth-order valence-corrected chi connectivity index (χ4v) is 4.46. The fraction of sp³-hybridized carbons (Fsp3) is 0.667. The number of unbranched alkanes of at least 4 members (excludes halogenated alkanes) is 1. The van der Waals surface area contributed by atoms with E-state index in [0.29, 0.717) is 37.7 Å². The third kappa shape index (κ3) is 5.09. The van der Waals surface area contributed by atoms with Crippen LogP contribution in [0.1, 0.15) is 38.2 Å². The van der Waals surface area contributed by atoms with Gasteiger partial charge in [-0.2, -0.15) is 0 Å². The van der Waals surface area contributed by atoms with Crippen LogP contribution in [0.2, 0.25) is 0 Å². The van der Waals surface area contributed by atoms with Gasteiger partial charge in [-0.1, -0.05) is 19.4 Å². The van der Waals surface area contributed by atoms with Gasteiger partial charge in [-0.05, 0) is 37.0 Å². The molecule has 1 aliphatic heterocycles. The smallest absolute Gasteiger partial charge is 0.211 e. The van der Waals surface area contributed by atoms with Crippen molar-refractivity contribution in [3.63, 3.8) is 0 Å². The minimum absolute atomic E-state index is 0.169. The van der Waals surface area contributed by atoms with Crippen LogP contribution in [0.15, 0.2) is 18.2 Å². The van der Waals surface area contributed by atoms with Crippen LogP contribution < -0.4 is 14.2 Å². The van der Waals surface area contributed by atoms with Crippen molar-refractivity contribution in [1.29, 1.82) is 0 Å². The lowest BCUT2D eigenvalue weighted by Gasteiger charge is -2.38. The highest BCUT2D eigenvalue weighted by Crippen LogP contribution is 2.39. The van der Waals surface area contributed by atoms with Gasteiger partial charge in [-0.3, -0.25) is 0 Å².